The molecule has 1 heterocycles. The van der Waals surface area contributed by atoms with Gasteiger partial charge >= 0.3 is 0 Å². The van der Waals surface area contributed by atoms with Gasteiger partial charge in [0.1, 0.15) is 5.75 Å². The number of benzene rings is 2. The number of carbonyl (C=O) groups is 1. The molecule has 0 bridgehead atoms. The Labute approximate surface area is 157 Å². The van der Waals surface area contributed by atoms with Crippen LogP contribution in [0.5, 0.6) is 5.75 Å². The lowest BCUT2D eigenvalue weighted by molar-refractivity contribution is 0.0950. The first-order valence-corrected chi connectivity index (χ1v) is 8.55. The summed E-state index contributed by atoms with van der Waals surface area (Å²) in [6.45, 7) is 0.299. The topological polar surface area (TPSA) is 88.3 Å². The number of aromatic hydroxyl groups is 1. The Bertz CT molecular complexity index is 896. The molecular formula is C17H13BrClN3O3. The molecule has 1 aromatic heterocycles. The predicted molar refractivity (Wildman–Crippen MR) is 96.6 cm³/mol. The van der Waals surface area contributed by atoms with Crippen LogP contribution < -0.4 is 5.32 Å². The van der Waals surface area contributed by atoms with Gasteiger partial charge in [-0.2, -0.15) is 4.98 Å². The largest absolute Gasteiger partial charge is 0.507 e. The lowest BCUT2D eigenvalue weighted by atomic mass is 10.2. The summed E-state index contributed by atoms with van der Waals surface area (Å²) >= 11 is 9.11. The Kier molecular flexibility index (Phi) is 5.35. The maximum absolute atomic E-state index is 12.1. The predicted octanol–water partition coefficient (Wildman–Crippen LogP) is 3.83. The van der Waals surface area contributed by atoms with Crippen LogP contribution in [0.15, 0.2) is 51.5 Å². The van der Waals surface area contributed by atoms with Gasteiger partial charge < -0.3 is 14.9 Å². The number of hydrogen-bond donors (Lipinski definition) is 2. The highest BCUT2D eigenvalue weighted by Gasteiger charge is 2.13. The van der Waals surface area contributed by atoms with Crippen molar-refractivity contribution in [1.29, 1.82) is 0 Å². The Balaban J connectivity index is 1.58. The van der Waals surface area contributed by atoms with Gasteiger partial charge in [0.15, 0.2) is 0 Å². The first-order chi connectivity index (χ1) is 12.0. The van der Waals surface area contributed by atoms with Crippen molar-refractivity contribution in [2.75, 3.05) is 6.54 Å². The van der Waals surface area contributed by atoms with Crippen LogP contribution >= 0.6 is 27.5 Å². The highest BCUT2D eigenvalue weighted by Crippen LogP contribution is 2.22. The Morgan fingerprint density at radius 2 is 2.00 bits per heavy atom. The zero-order valence-corrected chi connectivity index (χ0v) is 15.2. The van der Waals surface area contributed by atoms with Crippen LogP contribution in [0.4, 0.5) is 0 Å². The molecule has 0 saturated carbocycles. The minimum atomic E-state index is -0.378. The fraction of sp³-hybridized carbons (Fsp3) is 0.118. The molecule has 0 atom stereocenters. The van der Waals surface area contributed by atoms with E-state index < -0.39 is 0 Å². The molecule has 8 heteroatoms. The lowest BCUT2D eigenvalue weighted by Gasteiger charge is -2.06. The summed E-state index contributed by atoms with van der Waals surface area (Å²) in [5.41, 5.74) is 0.990. The number of rotatable bonds is 5. The van der Waals surface area contributed by atoms with Gasteiger partial charge in [0.05, 0.1) is 5.56 Å². The summed E-state index contributed by atoms with van der Waals surface area (Å²) in [4.78, 5) is 16.4. The quantitative estimate of drug-likeness (QED) is 0.652. The van der Waals surface area contributed by atoms with Crippen LogP contribution in [-0.2, 0) is 6.42 Å². The molecule has 2 aromatic carbocycles. The summed E-state index contributed by atoms with van der Waals surface area (Å²) in [7, 11) is 0. The Morgan fingerprint density at radius 3 is 2.76 bits per heavy atom. The molecule has 1 amide bonds. The van der Waals surface area contributed by atoms with Crippen LogP contribution in [0.25, 0.3) is 11.4 Å². The van der Waals surface area contributed by atoms with Crippen molar-refractivity contribution >= 4 is 33.4 Å². The van der Waals surface area contributed by atoms with E-state index in [0.717, 1.165) is 5.56 Å². The average molecular weight is 423 g/mol. The summed E-state index contributed by atoms with van der Waals surface area (Å²) in [5, 5.41) is 17.0. The number of phenolic OH excluding ortho intramolecular Hbond substituents is 1. The first kappa shape index (κ1) is 17.4. The zero-order valence-electron chi connectivity index (χ0n) is 12.9. The number of aromatic nitrogens is 2. The molecule has 3 aromatic rings. The second-order valence-electron chi connectivity index (χ2n) is 5.19. The van der Waals surface area contributed by atoms with E-state index >= 15 is 0 Å². The van der Waals surface area contributed by atoms with Crippen molar-refractivity contribution in [2.24, 2.45) is 0 Å². The van der Waals surface area contributed by atoms with Crippen LogP contribution in [0.3, 0.4) is 0 Å². The molecule has 0 fully saturated rings. The monoisotopic (exact) mass is 421 g/mol. The van der Waals surface area contributed by atoms with E-state index in [1.807, 2.05) is 0 Å². The van der Waals surface area contributed by atoms with E-state index in [-0.39, 0.29) is 17.2 Å². The molecule has 0 spiro atoms. The molecule has 6 nitrogen and oxygen atoms in total. The van der Waals surface area contributed by atoms with Gasteiger partial charge in [0.2, 0.25) is 11.7 Å². The number of hydrogen-bond acceptors (Lipinski definition) is 5. The van der Waals surface area contributed by atoms with E-state index in [0.29, 0.717) is 34.2 Å². The van der Waals surface area contributed by atoms with Crippen LogP contribution in [0.2, 0.25) is 5.02 Å². The van der Waals surface area contributed by atoms with Crippen molar-refractivity contribution in [3.8, 4) is 17.1 Å². The normalized spacial score (nSPS) is 10.6. The van der Waals surface area contributed by atoms with Gasteiger partial charge in [-0.1, -0.05) is 32.7 Å². The smallest absolute Gasteiger partial charge is 0.255 e. The maximum Gasteiger partial charge on any atom is 0.255 e. The molecule has 0 unspecified atom stereocenters. The SMILES string of the molecule is O=C(NCCc1nc(-c2ccc(Cl)cc2)no1)c1cc(Br)ccc1O. The van der Waals surface area contributed by atoms with E-state index in [4.69, 9.17) is 16.1 Å². The van der Waals surface area contributed by atoms with Gasteiger partial charge in [-0.05, 0) is 42.5 Å². The van der Waals surface area contributed by atoms with Crippen molar-refractivity contribution in [2.45, 2.75) is 6.42 Å². The minimum absolute atomic E-state index is 0.0801. The van der Waals surface area contributed by atoms with Gasteiger partial charge in [-0.3, -0.25) is 4.79 Å². The average Bonchev–Trinajstić information content (AvgIpc) is 3.06. The van der Waals surface area contributed by atoms with Gasteiger partial charge in [0.25, 0.3) is 5.91 Å². The number of nitrogens with one attached hydrogen (secondary N) is 1. The number of phenols is 1. The Morgan fingerprint density at radius 1 is 1.24 bits per heavy atom. The van der Waals surface area contributed by atoms with Gasteiger partial charge in [-0.25, -0.2) is 0 Å². The molecule has 25 heavy (non-hydrogen) atoms. The Hall–Kier alpha value is -2.38. The van der Waals surface area contributed by atoms with Crippen molar-refractivity contribution in [3.05, 3.63) is 63.4 Å². The molecule has 3 rings (SSSR count). The van der Waals surface area contributed by atoms with Crippen LogP contribution in [0, 0.1) is 0 Å². The second kappa shape index (κ2) is 7.67. The molecule has 2 N–H and O–H groups in total. The van der Waals surface area contributed by atoms with E-state index in [1.165, 1.54) is 6.07 Å². The number of carbonyl (C=O) groups excluding carboxylic acids is 1. The molecule has 0 aliphatic heterocycles. The highest BCUT2D eigenvalue weighted by molar-refractivity contribution is 9.10. The van der Waals surface area contributed by atoms with Gasteiger partial charge in [0, 0.05) is 28.0 Å². The number of halogens is 2. The first-order valence-electron chi connectivity index (χ1n) is 7.38. The number of nitrogens with zero attached hydrogens (tertiary/aromatic N) is 2. The van der Waals surface area contributed by atoms with Crippen LogP contribution in [-0.4, -0.2) is 27.7 Å². The maximum atomic E-state index is 12.1. The molecule has 0 saturated heterocycles. The molecule has 0 aliphatic rings. The fourth-order valence-corrected chi connectivity index (χ4v) is 2.63. The van der Waals surface area contributed by atoms with Crippen LogP contribution in [0.1, 0.15) is 16.2 Å². The molecular weight excluding hydrogens is 410 g/mol. The fourth-order valence-electron chi connectivity index (χ4n) is 2.14. The zero-order chi connectivity index (χ0) is 17.8. The third kappa shape index (κ3) is 4.37. The lowest BCUT2D eigenvalue weighted by Crippen LogP contribution is -2.25. The molecule has 0 radical (unpaired) electrons. The standard InChI is InChI=1S/C17H13BrClN3O3/c18-11-3-6-14(23)13(9-11)17(24)20-8-7-15-21-16(22-25-15)10-1-4-12(19)5-2-10/h1-6,9,23H,7-8H2,(H,20,24). The third-order valence-corrected chi connectivity index (χ3v) is 4.14. The van der Waals surface area contributed by atoms with Gasteiger partial charge in [-0.15, -0.1) is 0 Å². The summed E-state index contributed by atoms with van der Waals surface area (Å²) in [6, 6.07) is 11.8. The van der Waals surface area contributed by atoms with Crippen molar-refractivity contribution < 1.29 is 14.4 Å². The second-order valence-corrected chi connectivity index (χ2v) is 6.54. The molecule has 0 aliphatic carbocycles. The molecule has 128 valence electrons. The summed E-state index contributed by atoms with van der Waals surface area (Å²) in [6.07, 6.45) is 0.376. The summed E-state index contributed by atoms with van der Waals surface area (Å²) < 4.78 is 5.89. The summed E-state index contributed by atoms with van der Waals surface area (Å²) in [5.74, 6) is 0.408. The van der Waals surface area contributed by atoms with Crippen molar-refractivity contribution in [1.82, 2.24) is 15.5 Å². The third-order valence-electron chi connectivity index (χ3n) is 3.40. The van der Waals surface area contributed by atoms with E-state index in [1.54, 1.807) is 36.4 Å². The van der Waals surface area contributed by atoms with Crippen molar-refractivity contribution in [3.63, 3.8) is 0 Å². The highest BCUT2D eigenvalue weighted by atomic mass is 79.9. The number of amides is 1. The van der Waals surface area contributed by atoms with E-state index in [9.17, 15) is 9.90 Å². The van der Waals surface area contributed by atoms with E-state index in [2.05, 4.69) is 31.4 Å². The minimum Gasteiger partial charge on any atom is -0.507 e.